The highest BCUT2D eigenvalue weighted by Crippen LogP contribution is 1.90. The van der Waals surface area contributed by atoms with Crippen molar-refractivity contribution in [1.82, 2.24) is 9.78 Å². The average molecular weight is 170 g/mol. The lowest BCUT2D eigenvalue weighted by molar-refractivity contribution is -0.136. The quantitative estimate of drug-likeness (QED) is 0.661. The van der Waals surface area contributed by atoms with Gasteiger partial charge in [-0.2, -0.15) is 0 Å². The van der Waals surface area contributed by atoms with Crippen LogP contribution in [-0.2, 0) is 17.8 Å². The van der Waals surface area contributed by atoms with Gasteiger partial charge in [0, 0.05) is 18.3 Å². The standard InChI is InChI=1S/C7H10N2O3/c1-2-9-7(12)5(4-8-9)3-6(10)11/h4,8H,2-3H2,1H3,(H,10,11). The lowest BCUT2D eigenvalue weighted by atomic mass is 10.2. The number of nitrogens with one attached hydrogen (secondary N) is 1. The largest absolute Gasteiger partial charge is 0.481 e. The van der Waals surface area contributed by atoms with Crippen LogP contribution in [0.2, 0.25) is 0 Å². The van der Waals surface area contributed by atoms with Gasteiger partial charge in [-0.05, 0) is 6.92 Å². The molecular weight excluding hydrogens is 160 g/mol. The zero-order valence-electron chi connectivity index (χ0n) is 6.70. The van der Waals surface area contributed by atoms with E-state index in [9.17, 15) is 9.59 Å². The number of hydrogen-bond donors (Lipinski definition) is 2. The maximum absolute atomic E-state index is 11.2. The molecule has 5 heteroatoms. The predicted molar refractivity (Wildman–Crippen MR) is 42.1 cm³/mol. The molecule has 0 saturated carbocycles. The van der Waals surface area contributed by atoms with Gasteiger partial charge in [0.05, 0.1) is 6.42 Å². The second kappa shape index (κ2) is 3.25. The Morgan fingerprint density at radius 3 is 2.83 bits per heavy atom. The van der Waals surface area contributed by atoms with Gasteiger partial charge in [0.25, 0.3) is 5.56 Å². The summed E-state index contributed by atoms with van der Waals surface area (Å²) in [6, 6.07) is 0. The number of hydrogen-bond acceptors (Lipinski definition) is 2. The molecule has 0 aliphatic heterocycles. The van der Waals surface area contributed by atoms with Gasteiger partial charge >= 0.3 is 5.97 Å². The minimum atomic E-state index is -0.991. The van der Waals surface area contributed by atoms with Crippen LogP contribution in [0.15, 0.2) is 11.0 Å². The lowest BCUT2D eigenvalue weighted by Gasteiger charge is -1.91. The Kier molecular flexibility index (Phi) is 2.32. The van der Waals surface area contributed by atoms with Crippen molar-refractivity contribution in [2.45, 2.75) is 19.9 Å². The van der Waals surface area contributed by atoms with E-state index < -0.39 is 5.97 Å². The van der Waals surface area contributed by atoms with E-state index in [1.165, 1.54) is 10.9 Å². The Morgan fingerprint density at radius 1 is 1.75 bits per heavy atom. The Bertz CT molecular complexity index is 337. The molecule has 0 radical (unpaired) electrons. The minimum Gasteiger partial charge on any atom is -0.481 e. The molecule has 0 fully saturated rings. The highest BCUT2D eigenvalue weighted by Gasteiger charge is 2.07. The molecule has 1 heterocycles. The molecule has 12 heavy (non-hydrogen) atoms. The molecule has 0 spiro atoms. The fourth-order valence-electron chi connectivity index (χ4n) is 0.974. The third-order valence-electron chi connectivity index (χ3n) is 1.57. The highest BCUT2D eigenvalue weighted by atomic mass is 16.4. The summed E-state index contributed by atoms with van der Waals surface area (Å²) in [5.41, 5.74) is 0.0456. The molecule has 2 N–H and O–H groups in total. The summed E-state index contributed by atoms with van der Waals surface area (Å²) >= 11 is 0. The van der Waals surface area contributed by atoms with E-state index in [4.69, 9.17) is 5.11 Å². The maximum atomic E-state index is 11.2. The van der Waals surface area contributed by atoms with Crippen LogP contribution in [-0.4, -0.2) is 20.9 Å². The van der Waals surface area contributed by atoms with Gasteiger partial charge in [-0.15, -0.1) is 0 Å². The zero-order chi connectivity index (χ0) is 9.14. The molecule has 0 atom stereocenters. The molecule has 66 valence electrons. The average Bonchev–Trinajstić information content (AvgIpc) is 2.32. The van der Waals surface area contributed by atoms with Gasteiger partial charge in [0.1, 0.15) is 0 Å². The second-order valence-electron chi connectivity index (χ2n) is 2.42. The van der Waals surface area contributed by atoms with Crippen molar-refractivity contribution in [3.63, 3.8) is 0 Å². The van der Waals surface area contributed by atoms with E-state index in [2.05, 4.69) is 5.10 Å². The third kappa shape index (κ3) is 1.55. The molecule has 0 aliphatic carbocycles. The van der Waals surface area contributed by atoms with E-state index in [1.54, 1.807) is 0 Å². The molecule has 0 aliphatic rings. The molecule has 1 aromatic heterocycles. The SMILES string of the molecule is CCn1[nH]cc(CC(=O)O)c1=O. The second-order valence-corrected chi connectivity index (χ2v) is 2.42. The number of nitrogens with zero attached hydrogens (tertiary/aromatic N) is 1. The summed E-state index contributed by atoms with van der Waals surface area (Å²) in [5, 5.41) is 11.1. The molecule has 0 unspecified atom stereocenters. The number of carbonyl (C=O) groups is 1. The number of aryl methyl sites for hydroxylation is 1. The van der Waals surface area contributed by atoms with Crippen LogP contribution in [0.4, 0.5) is 0 Å². The van der Waals surface area contributed by atoms with Gasteiger partial charge in [0.15, 0.2) is 0 Å². The van der Waals surface area contributed by atoms with Crippen LogP contribution in [0.1, 0.15) is 12.5 Å². The third-order valence-corrected chi connectivity index (χ3v) is 1.57. The first-order valence-corrected chi connectivity index (χ1v) is 3.64. The highest BCUT2D eigenvalue weighted by molar-refractivity contribution is 5.69. The molecule has 1 rings (SSSR count). The van der Waals surface area contributed by atoms with Crippen molar-refractivity contribution in [3.8, 4) is 0 Å². The summed E-state index contributed by atoms with van der Waals surface area (Å²) in [6.07, 6.45) is 1.21. The molecule has 0 bridgehead atoms. The van der Waals surface area contributed by atoms with E-state index in [-0.39, 0.29) is 12.0 Å². The van der Waals surface area contributed by atoms with Gasteiger partial charge in [0.2, 0.25) is 0 Å². The molecule has 0 aromatic carbocycles. The molecule has 5 nitrogen and oxygen atoms in total. The van der Waals surface area contributed by atoms with Gasteiger partial charge in [-0.3, -0.25) is 14.3 Å². The van der Waals surface area contributed by atoms with Crippen LogP contribution >= 0.6 is 0 Å². The normalized spacial score (nSPS) is 10.1. The Morgan fingerprint density at radius 2 is 2.42 bits per heavy atom. The fraction of sp³-hybridized carbons (Fsp3) is 0.429. The van der Waals surface area contributed by atoms with Crippen LogP contribution < -0.4 is 5.56 Å². The number of carboxylic acids is 1. The van der Waals surface area contributed by atoms with E-state index in [0.29, 0.717) is 12.1 Å². The maximum Gasteiger partial charge on any atom is 0.308 e. The summed E-state index contributed by atoms with van der Waals surface area (Å²) < 4.78 is 1.36. The van der Waals surface area contributed by atoms with Gasteiger partial charge in [-0.25, -0.2) is 0 Å². The smallest absolute Gasteiger partial charge is 0.308 e. The van der Waals surface area contributed by atoms with Crippen molar-refractivity contribution in [2.24, 2.45) is 0 Å². The fourth-order valence-corrected chi connectivity index (χ4v) is 0.974. The Labute approximate surface area is 68.6 Å². The van der Waals surface area contributed by atoms with Crippen LogP contribution in [0.25, 0.3) is 0 Å². The van der Waals surface area contributed by atoms with Gasteiger partial charge in [-0.1, -0.05) is 0 Å². The Balaban J connectivity index is 2.95. The number of carboxylic acid groups (broad SMARTS) is 1. The summed E-state index contributed by atoms with van der Waals surface area (Å²) in [6.45, 7) is 2.33. The number of H-pyrrole nitrogens is 1. The van der Waals surface area contributed by atoms with Crippen molar-refractivity contribution in [3.05, 3.63) is 22.1 Å². The van der Waals surface area contributed by atoms with Crippen molar-refractivity contribution >= 4 is 5.97 Å². The predicted octanol–water partition coefficient (Wildman–Crippen LogP) is -0.177. The number of rotatable bonds is 3. The van der Waals surface area contributed by atoms with Crippen molar-refractivity contribution in [1.29, 1.82) is 0 Å². The molecule has 0 amide bonds. The first-order chi connectivity index (χ1) is 5.65. The van der Waals surface area contributed by atoms with E-state index >= 15 is 0 Å². The number of aromatic nitrogens is 2. The van der Waals surface area contributed by atoms with E-state index in [1.807, 2.05) is 6.92 Å². The molecular formula is C7H10N2O3. The number of aliphatic carboxylic acids is 1. The first-order valence-electron chi connectivity index (χ1n) is 3.64. The topological polar surface area (TPSA) is 75.1 Å². The minimum absolute atomic E-state index is 0.220. The van der Waals surface area contributed by atoms with Crippen molar-refractivity contribution in [2.75, 3.05) is 0 Å². The van der Waals surface area contributed by atoms with Crippen LogP contribution in [0.3, 0.4) is 0 Å². The monoisotopic (exact) mass is 170 g/mol. The summed E-state index contributed by atoms with van der Waals surface area (Å²) in [5.74, 6) is -0.991. The number of aromatic amines is 1. The van der Waals surface area contributed by atoms with Crippen LogP contribution in [0.5, 0.6) is 0 Å². The summed E-state index contributed by atoms with van der Waals surface area (Å²) in [7, 11) is 0. The molecule has 0 saturated heterocycles. The first kappa shape index (κ1) is 8.58. The molecule has 1 aromatic rings. The summed E-state index contributed by atoms with van der Waals surface area (Å²) in [4.78, 5) is 21.5. The van der Waals surface area contributed by atoms with Crippen molar-refractivity contribution < 1.29 is 9.90 Å². The van der Waals surface area contributed by atoms with Crippen LogP contribution in [0, 0.1) is 0 Å². The Hall–Kier alpha value is -1.52. The van der Waals surface area contributed by atoms with Gasteiger partial charge < -0.3 is 10.2 Å². The van der Waals surface area contributed by atoms with E-state index in [0.717, 1.165) is 0 Å². The lowest BCUT2D eigenvalue weighted by Crippen LogP contribution is -2.19. The zero-order valence-corrected chi connectivity index (χ0v) is 6.70.